The predicted octanol–water partition coefficient (Wildman–Crippen LogP) is 16.6. The Hall–Kier alpha value is -1.77. The maximum Gasteiger partial charge on any atom is 0.306 e. The van der Waals surface area contributed by atoms with Crippen LogP contribution in [0.25, 0.3) is 0 Å². The molecule has 0 aromatic heterocycles. The van der Waals surface area contributed by atoms with Crippen LogP contribution in [0.3, 0.4) is 0 Å². The van der Waals surface area contributed by atoms with E-state index in [0.29, 0.717) is 17.4 Å². The molecular weight excluding hydrogens is 858 g/mol. The summed E-state index contributed by atoms with van der Waals surface area (Å²) in [4.78, 5) is 37.8. The number of phosphoric acid groups is 1. The molecule has 9 nitrogen and oxygen atoms in total. The van der Waals surface area contributed by atoms with Crippen molar-refractivity contribution in [1.29, 1.82) is 0 Å². The van der Waals surface area contributed by atoms with Crippen LogP contribution in [0.1, 0.15) is 264 Å². The highest BCUT2D eigenvalue weighted by atomic mass is 31.2. The lowest BCUT2D eigenvalue weighted by molar-refractivity contribution is -0.870. The minimum Gasteiger partial charge on any atom is -0.756 e. The third kappa shape index (κ3) is 53.4. The van der Waals surface area contributed by atoms with Crippen LogP contribution in [0.4, 0.5) is 0 Å². The van der Waals surface area contributed by atoms with E-state index in [0.717, 1.165) is 57.8 Å². The van der Waals surface area contributed by atoms with Crippen LogP contribution < -0.4 is 4.89 Å². The fourth-order valence-corrected chi connectivity index (χ4v) is 8.75. The number of unbranched alkanes of at least 4 members (excludes halogenated alkanes) is 32. The standard InChI is InChI=1S/C57H108NO8P/c1-6-8-10-12-14-16-18-20-22-24-26-27-28-29-30-31-32-34-36-38-40-42-44-46-48-50-57(60)66-55(54-65-67(61,62)64-52-51-58(3,4)5)53-63-56(59)49-47-45-43-41-39-37-35-33-25-23-21-19-17-15-13-11-9-7-2/h18,20,24,26,28-29,55H,6-17,19,21-23,25,27,30-54H2,1-5H3/b20-18-,26-24-,29-28-. The van der Waals surface area contributed by atoms with Gasteiger partial charge in [0, 0.05) is 12.8 Å². The van der Waals surface area contributed by atoms with E-state index in [4.69, 9.17) is 18.5 Å². The monoisotopic (exact) mass is 966 g/mol. The van der Waals surface area contributed by atoms with E-state index in [2.05, 4.69) is 50.3 Å². The first kappa shape index (κ1) is 65.2. The van der Waals surface area contributed by atoms with Crippen molar-refractivity contribution in [2.75, 3.05) is 47.5 Å². The largest absolute Gasteiger partial charge is 0.756 e. The van der Waals surface area contributed by atoms with Crippen molar-refractivity contribution in [2.45, 2.75) is 270 Å². The summed E-state index contributed by atoms with van der Waals surface area (Å²) in [6.07, 6.45) is 58.9. The molecule has 2 unspecified atom stereocenters. The average Bonchev–Trinajstić information content (AvgIpc) is 3.29. The molecule has 0 fully saturated rings. The van der Waals surface area contributed by atoms with Crippen molar-refractivity contribution in [3.8, 4) is 0 Å². The van der Waals surface area contributed by atoms with Crippen LogP contribution in [-0.2, 0) is 32.7 Å². The molecule has 0 radical (unpaired) electrons. The van der Waals surface area contributed by atoms with Crippen LogP contribution in [0.2, 0.25) is 0 Å². The zero-order valence-corrected chi connectivity index (χ0v) is 45.5. The lowest BCUT2D eigenvalue weighted by Crippen LogP contribution is -2.37. The van der Waals surface area contributed by atoms with Gasteiger partial charge >= 0.3 is 11.9 Å². The zero-order chi connectivity index (χ0) is 49.2. The van der Waals surface area contributed by atoms with Gasteiger partial charge in [0.25, 0.3) is 7.82 Å². The second-order valence-electron chi connectivity index (χ2n) is 20.3. The molecule has 0 saturated carbocycles. The summed E-state index contributed by atoms with van der Waals surface area (Å²) in [6.45, 7) is 4.26. The maximum absolute atomic E-state index is 12.8. The van der Waals surface area contributed by atoms with Crippen LogP contribution in [0, 0.1) is 0 Å². The van der Waals surface area contributed by atoms with E-state index in [1.165, 1.54) is 173 Å². The van der Waals surface area contributed by atoms with Crippen molar-refractivity contribution in [3.05, 3.63) is 36.5 Å². The van der Waals surface area contributed by atoms with Crippen LogP contribution >= 0.6 is 7.82 Å². The molecule has 0 N–H and O–H groups in total. The molecule has 0 aromatic carbocycles. The number of allylic oxidation sites excluding steroid dienone is 6. The molecule has 0 rings (SSSR count). The topological polar surface area (TPSA) is 111 Å². The molecule has 0 aliphatic rings. The number of carbonyl (C=O) groups is 2. The first-order chi connectivity index (χ1) is 32.5. The van der Waals surface area contributed by atoms with Gasteiger partial charge in [-0.25, -0.2) is 0 Å². The smallest absolute Gasteiger partial charge is 0.306 e. The van der Waals surface area contributed by atoms with Gasteiger partial charge in [0.1, 0.15) is 19.8 Å². The Kier molecular flexibility index (Phi) is 47.9. The molecule has 394 valence electrons. The number of hydrogen-bond acceptors (Lipinski definition) is 8. The van der Waals surface area contributed by atoms with Gasteiger partial charge in [0.2, 0.25) is 0 Å². The first-order valence-electron chi connectivity index (χ1n) is 28.2. The van der Waals surface area contributed by atoms with Crippen LogP contribution in [-0.4, -0.2) is 70.0 Å². The van der Waals surface area contributed by atoms with Gasteiger partial charge in [0.15, 0.2) is 6.10 Å². The van der Waals surface area contributed by atoms with Crippen molar-refractivity contribution >= 4 is 19.8 Å². The van der Waals surface area contributed by atoms with Crippen LogP contribution in [0.5, 0.6) is 0 Å². The molecule has 0 amide bonds. The first-order valence-corrected chi connectivity index (χ1v) is 29.7. The second-order valence-corrected chi connectivity index (χ2v) is 21.7. The Balaban J connectivity index is 4.18. The van der Waals surface area contributed by atoms with Gasteiger partial charge in [-0.05, 0) is 51.4 Å². The van der Waals surface area contributed by atoms with E-state index in [1.54, 1.807) is 0 Å². The van der Waals surface area contributed by atoms with E-state index in [9.17, 15) is 19.0 Å². The number of likely N-dealkylation sites (N-methyl/N-ethyl adjacent to an activating group) is 1. The highest BCUT2D eigenvalue weighted by Gasteiger charge is 2.22. The summed E-state index contributed by atoms with van der Waals surface area (Å²) in [5, 5.41) is 0. The van der Waals surface area contributed by atoms with Gasteiger partial charge in [-0.2, -0.15) is 0 Å². The number of nitrogens with zero attached hydrogens (tertiary/aromatic N) is 1. The number of ether oxygens (including phenoxy) is 2. The minimum absolute atomic E-state index is 0.0303. The van der Waals surface area contributed by atoms with E-state index in [-0.39, 0.29) is 32.0 Å². The zero-order valence-electron chi connectivity index (χ0n) is 44.6. The number of rotatable bonds is 52. The molecule has 67 heavy (non-hydrogen) atoms. The lowest BCUT2D eigenvalue weighted by Gasteiger charge is -2.28. The number of carbonyl (C=O) groups excluding carboxylic acids is 2. The van der Waals surface area contributed by atoms with Crippen molar-refractivity contribution < 1.29 is 42.1 Å². The van der Waals surface area contributed by atoms with E-state index in [1.807, 2.05) is 21.1 Å². The summed E-state index contributed by atoms with van der Waals surface area (Å²) in [5.41, 5.74) is 0. The molecule has 0 heterocycles. The molecule has 0 saturated heterocycles. The third-order valence-corrected chi connectivity index (χ3v) is 13.4. The Morgan fingerprint density at radius 2 is 0.806 bits per heavy atom. The van der Waals surface area contributed by atoms with Gasteiger partial charge < -0.3 is 27.9 Å². The van der Waals surface area contributed by atoms with Crippen LogP contribution in [0.15, 0.2) is 36.5 Å². The second kappa shape index (κ2) is 49.2. The van der Waals surface area contributed by atoms with Gasteiger partial charge in [-0.15, -0.1) is 0 Å². The Morgan fingerprint density at radius 1 is 0.463 bits per heavy atom. The highest BCUT2D eigenvalue weighted by Crippen LogP contribution is 2.38. The summed E-state index contributed by atoms with van der Waals surface area (Å²) in [5.74, 6) is -0.826. The molecule has 0 spiro atoms. The fraction of sp³-hybridized carbons (Fsp3) is 0.860. The lowest BCUT2D eigenvalue weighted by atomic mass is 10.0. The minimum atomic E-state index is -4.63. The number of hydrogen-bond donors (Lipinski definition) is 0. The average molecular weight is 966 g/mol. The summed E-state index contributed by atoms with van der Waals surface area (Å²) < 4.78 is 34.1. The molecule has 2 atom stereocenters. The third-order valence-electron chi connectivity index (χ3n) is 12.4. The Morgan fingerprint density at radius 3 is 1.19 bits per heavy atom. The van der Waals surface area contributed by atoms with Gasteiger partial charge in [0.05, 0.1) is 27.7 Å². The fourth-order valence-electron chi connectivity index (χ4n) is 8.02. The van der Waals surface area contributed by atoms with Gasteiger partial charge in [-0.3, -0.25) is 14.2 Å². The van der Waals surface area contributed by atoms with E-state index < -0.39 is 26.5 Å². The predicted molar refractivity (Wildman–Crippen MR) is 282 cm³/mol. The number of esters is 2. The molecular formula is C57H108NO8P. The molecule has 0 bridgehead atoms. The SMILES string of the molecule is CCCCCCC/C=C\C/C=C\C/C=C\CCCCCCCCCCCCC(=O)OC(COC(=O)CCCCCCCCCCCCCCCCCCCC)COP(=O)([O-])OCC[N+](C)(C)C. The van der Waals surface area contributed by atoms with Crippen molar-refractivity contribution in [1.82, 2.24) is 0 Å². The number of phosphoric ester groups is 1. The molecule has 10 heteroatoms. The summed E-state index contributed by atoms with van der Waals surface area (Å²) in [7, 11) is 1.17. The van der Waals surface area contributed by atoms with Crippen molar-refractivity contribution in [3.63, 3.8) is 0 Å². The highest BCUT2D eigenvalue weighted by molar-refractivity contribution is 7.45. The molecule has 0 aromatic rings. The number of quaternary nitrogens is 1. The molecule has 0 aliphatic carbocycles. The Labute approximate surface area is 414 Å². The summed E-state index contributed by atoms with van der Waals surface area (Å²) >= 11 is 0. The van der Waals surface area contributed by atoms with Gasteiger partial charge in [-0.1, -0.05) is 237 Å². The Bertz CT molecular complexity index is 1230. The maximum atomic E-state index is 12.8. The quantitative estimate of drug-likeness (QED) is 0.0195. The van der Waals surface area contributed by atoms with Crippen molar-refractivity contribution in [2.24, 2.45) is 0 Å². The molecule has 0 aliphatic heterocycles. The normalized spacial score (nSPS) is 13.6. The van der Waals surface area contributed by atoms with E-state index >= 15 is 0 Å². The summed E-state index contributed by atoms with van der Waals surface area (Å²) in [6, 6.07) is 0.